The molecule has 0 fully saturated rings. The second kappa shape index (κ2) is 16.5. The summed E-state index contributed by atoms with van der Waals surface area (Å²) in [6, 6.07) is 19.1. The number of ketones is 1. The molecule has 0 saturated carbocycles. The van der Waals surface area contributed by atoms with Gasteiger partial charge in [0.15, 0.2) is 5.78 Å². The first-order valence-corrected chi connectivity index (χ1v) is 15.0. The highest BCUT2D eigenvalue weighted by Gasteiger charge is 2.14. The third-order valence-corrected chi connectivity index (χ3v) is 7.60. The van der Waals surface area contributed by atoms with E-state index in [0.717, 1.165) is 66.1 Å². The molecule has 0 aromatic heterocycles. The highest BCUT2D eigenvalue weighted by Crippen LogP contribution is 2.23. The zero-order chi connectivity index (χ0) is 30.5. The Morgan fingerprint density at radius 1 is 1.00 bits per heavy atom. The molecule has 0 spiro atoms. The van der Waals surface area contributed by atoms with Gasteiger partial charge in [-0.1, -0.05) is 45.0 Å². The molecule has 0 bridgehead atoms. The predicted molar refractivity (Wildman–Crippen MR) is 171 cm³/mol. The molecule has 3 rings (SSSR count). The standard InChI is InChI=1S/C36H46N2O4/c1-6-9-29(24-38(5)25-34-26(3)12-21-33(27(34)4)36(41)37-22-23-39)10-8-11-35(40)30-15-19-32(20-16-30)42-31-17-13-28(7-2)14-18-31/h12-21,25,29,39H,3,6-11,22-24H2,1-2,4-5H3,(H,37,41)/b34-25+. The molecule has 0 radical (unpaired) electrons. The summed E-state index contributed by atoms with van der Waals surface area (Å²) in [5.41, 5.74) is 3.43. The first-order valence-electron chi connectivity index (χ1n) is 15.0. The third kappa shape index (κ3) is 9.59. The summed E-state index contributed by atoms with van der Waals surface area (Å²) < 4.78 is 5.93. The molecule has 0 saturated heterocycles. The van der Waals surface area contributed by atoms with E-state index < -0.39 is 0 Å². The zero-order valence-electron chi connectivity index (χ0n) is 25.6. The van der Waals surface area contributed by atoms with Crippen LogP contribution in [-0.2, 0) is 6.42 Å². The minimum absolute atomic E-state index is 0.0971. The molecule has 6 heteroatoms. The van der Waals surface area contributed by atoms with Gasteiger partial charge >= 0.3 is 0 Å². The summed E-state index contributed by atoms with van der Waals surface area (Å²) in [6.07, 6.45) is 7.53. The lowest BCUT2D eigenvalue weighted by Gasteiger charge is -2.23. The second-order valence-electron chi connectivity index (χ2n) is 11.0. The highest BCUT2D eigenvalue weighted by molar-refractivity contribution is 5.96. The predicted octanol–water partition coefficient (Wildman–Crippen LogP) is 5.62. The lowest BCUT2D eigenvalue weighted by atomic mass is 9.94. The monoisotopic (exact) mass is 570 g/mol. The lowest BCUT2D eigenvalue weighted by molar-refractivity contribution is 0.0942. The Labute approximate surface area is 250 Å². The van der Waals surface area contributed by atoms with Gasteiger partial charge < -0.3 is 20.1 Å². The summed E-state index contributed by atoms with van der Waals surface area (Å²) in [5, 5.41) is 13.6. The van der Waals surface area contributed by atoms with Crippen LogP contribution in [0.4, 0.5) is 0 Å². The molecule has 42 heavy (non-hydrogen) atoms. The number of ether oxygens (including phenoxy) is 1. The summed E-state index contributed by atoms with van der Waals surface area (Å²) in [5.74, 6) is 1.90. The van der Waals surface area contributed by atoms with Crippen molar-refractivity contribution < 1.29 is 19.4 Å². The fraction of sp³-hybridized carbons (Fsp3) is 0.389. The smallest absolute Gasteiger partial charge is 0.251 e. The van der Waals surface area contributed by atoms with E-state index in [2.05, 4.69) is 49.0 Å². The first kappa shape index (κ1) is 32.6. The third-order valence-electron chi connectivity index (χ3n) is 7.60. The van der Waals surface area contributed by atoms with Crippen LogP contribution in [-0.4, -0.2) is 48.4 Å². The number of benzene rings is 3. The maximum absolute atomic E-state index is 12.9. The molecular weight excluding hydrogens is 524 g/mol. The van der Waals surface area contributed by atoms with Crippen molar-refractivity contribution in [1.29, 1.82) is 0 Å². The average molecular weight is 571 g/mol. The molecule has 1 amide bonds. The van der Waals surface area contributed by atoms with E-state index in [9.17, 15) is 9.59 Å². The van der Waals surface area contributed by atoms with Crippen LogP contribution in [0.1, 0.15) is 77.8 Å². The molecule has 2 N–H and O–H groups in total. The number of nitrogens with zero attached hydrogens (tertiary/aromatic N) is 1. The Bertz CT molecular complexity index is 1410. The fourth-order valence-electron chi connectivity index (χ4n) is 5.22. The van der Waals surface area contributed by atoms with Crippen LogP contribution in [0.3, 0.4) is 0 Å². The molecular formula is C36H46N2O4. The molecule has 6 nitrogen and oxygen atoms in total. The highest BCUT2D eigenvalue weighted by atomic mass is 16.5. The normalized spacial score (nSPS) is 12.2. The summed E-state index contributed by atoms with van der Waals surface area (Å²) in [4.78, 5) is 27.6. The largest absolute Gasteiger partial charge is 0.457 e. The van der Waals surface area contributed by atoms with Crippen LogP contribution in [0.2, 0.25) is 0 Å². The van der Waals surface area contributed by atoms with Crippen LogP contribution in [0.5, 0.6) is 11.5 Å². The number of aliphatic hydroxyl groups excluding tert-OH is 1. The molecule has 3 aromatic rings. The van der Waals surface area contributed by atoms with E-state index >= 15 is 0 Å². The van der Waals surface area contributed by atoms with Gasteiger partial charge in [-0.2, -0.15) is 0 Å². The maximum atomic E-state index is 12.9. The van der Waals surface area contributed by atoms with Gasteiger partial charge in [0.1, 0.15) is 11.5 Å². The number of Topliss-reactive ketones (excluding diaryl/α,β-unsaturated/α-hetero) is 1. The van der Waals surface area contributed by atoms with Gasteiger partial charge in [0, 0.05) is 49.1 Å². The number of hydrogen-bond donors (Lipinski definition) is 2. The summed E-state index contributed by atoms with van der Waals surface area (Å²) in [6.45, 7) is 11.4. The molecule has 0 aliphatic heterocycles. The topological polar surface area (TPSA) is 78.9 Å². The van der Waals surface area contributed by atoms with Crippen LogP contribution < -0.4 is 20.5 Å². The molecule has 1 unspecified atom stereocenters. The fourth-order valence-corrected chi connectivity index (χ4v) is 5.22. The van der Waals surface area contributed by atoms with Crippen LogP contribution in [0, 0.1) is 12.8 Å². The van der Waals surface area contributed by atoms with Crippen molar-refractivity contribution in [3.8, 4) is 11.5 Å². The number of nitrogens with one attached hydrogen (secondary N) is 1. The first-order chi connectivity index (χ1) is 20.2. The molecule has 0 aliphatic carbocycles. The van der Waals surface area contributed by atoms with Crippen LogP contribution >= 0.6 is 0 Å². The van der Waals surface area contributed by atoms with Gasteiger partial charge in [-0.15, -0.1) is 0 Å². The number of carbonyl (C=O) groups excluding carboxylic acids is 2. The summed E-state index contributed by atoms with van der Waals surface area (Å²) >= 11 is 0. The van der Waals surface area contributed by atoms with Gasteiger partial charge in [0.05, 0.1) is 6.61 Å². The van der Waals surface area contributed by atoms with Gasteiger partial charge in [-0.25, -0.2) is 0 Å². The Morgan fingerprint density at radius 2 is 1.67 bits per heavy atom. The quantitative estimate of drug-likeness (QED) is 0.219. The van der Waals surface area contributed by atoms with E-state index in [1.165, 1.54) is 5.56 Å². The van der Waals surface area contributed by atoms with E-state index in [1.807, 2.05) is 56.4 Å². The molecule has 224 valence electrons. The Morgan fingerprint density at radius 3 is 2.29 bits per heavy atom. The van der Waals surface area contributed by atoms with Gasteiger partial charge in [0.25, 0.3) is 5.91 Å². The number of carbonyl (C=O) groups is 2. The second-order valence-corrected chi connectivity index (χ2v) is 11.0. The van der Waals surface area contributed by atoms with Crippen molar-refractivity contribution >= 4 is 24.5 Å². The van der Waals surface area contributed by atoms with Crippen LogP contribution in [0.15, 0.2) is 60.7 Å². The zero-order valence-corrected chi connectivity index (χ0v) is 25.6. The number of rotatable bonds is 16. The van der Waals surface area contributed by atoms with Crippen molar-refractivity contribution in [2.24, 2.45) is 5.92 Å². The Balaban J connectivity index is 1.56. The van der Waals surface area contributed by atoms with Gasteiger partial charge in [-0.3, -0.25) is 9.59 Å². The minimum atomic E-state index is -0.198. The van der Waals surface area contributed by atoms with Crippen molar-refractivity contribution in [1.82, 2.24) is 10.2 Å². The number of hydrogen-bond acceptors (Lipinski definition) is 5. The Kier molecular flexibility index (Phi) is 12.8. The van der Waals surface area contributed by atoms with Crippen molar-refractivity contribution in [3.05, 3.63) is 93.4 Å². The van der Waals surface area contributed by atoms with E-state index in [0.29, 0.717) is 23.5 Å². The van der Waals surface area contributed by atoms with Crippen molar-refractivity contribution in [2.45, 2.75) is 59.3 Å². The average Bonchev–Trinajstić information content (AvgIpc) is 2.98. The van der Waals surface area contributed by atoms with Crippen molar-refractivity contribution in [3.63, 3.8) is 0 Å². The van der Waals surface area contributed by atoms with E-state index in [1.54, 1.807) is 6.07 Å². The molecule has 3 aromatic carbocycles. The summed E-state index contributed by atoms with van der Waals surface area (Å²) in [7, 11) is 2.05. The molecule has 1 atom stereocenters. The van der Waals surface area contributed by atoms with Gasteiger partial charge in [0.2, 0.25) is 0 Å². The molecule has 0 aliphatic rings. The minimum Gasteiger partial charge on any atom is -0.457 e. The number of amides is 1. The number of aryl methyl sites for hydroxylation is 1. The Hall–Kier alpha value is -3.90. The van der Waals surface area contributed by atoms with Crippen LogP contribution in [0.25, 0.3) is 12.8 Å². The molecule has 0 heterocycles. The SMILES string of the molecule is C=c1ccc(C(=O)NCCO)c(C)/c1=C/N(C)CC(CCC)CCCC(=O)c1ccc(Oc2ccc(CC)cc2)cc1. The van der Waals surface area contributed by atoms with Crippen molar-refractivity contribution in [2.75, 3.05) is 26.7 Å². The van der Waals surface area contributed by atoms with E-state index in [4.69, 9.17) is 9.84 Å². The number of aliphatic hydroxyl groups is 1. The van der Waals surface area contributed by atoms with Gasteiger partial charge in [-0.05, 0) is 97.3 Å². The lowest BCUT2D eigenvalue weighted by Crippen LogP contribution is -2.35. The maximum Gasteiger partial charge on any atom is 0.251 e. The van der Waals surface area contributed by atoms with E-state index in [-0.39, 0.29) is 24.8 Å².